The average Bonchev–Trinajstić information content (AvgIpc) is 2.90. The van der Waals surface area contributed by atoms with E-state index in [0.29, 0.717) is 0 Å². The molecule has 10 nitrogen and oxygen atoms in total. The first-order valence-corrected chi connectivity index (χ1v) is 7.90. The maximum absolute atomic E-state index is 12.3. The Labute approximate surface area is 148 Å². The molecule has 0 saturated carbocycles. The Morgan fingerprint density at radius 3 is 2.40 bits per heavy atom. The first-order chi connectivity index (χ1) is 11.4. The van der Waals surface area contributed by atoms with E-state index < -0.39 is 34.7 Å². The summed E-state index contributed by atoms with van der Waals surface area (Å²) in [5, 5.41) is 16.2. The van der Waals surface area contributed by atoms with E-state index in [0.717, 1.165) is 11.3 Å². The van der Waals surface area contributed by atoms with Crippen molar-refractivity contribution in [3.63, 3.8) is 0 Å². The monoisotopic (exact) mass is 372 g/mol. The molecule has 0 saturated heterocycles. The van der Waals surface area contributed by atoms with Gasteiger partial charge in [-0.05, 0) is 27.7 Å². The topological polar surface area (TPSA) is 153 Å². The number of ether oxygens (including phenoxy) is 1. The van der Waals surface area contributed by atoms with Gasteiger partial charge in [0.15, 0.2) is 10.7 Å². The molecule has 1 aromatic rings. The zero-order valence-electron chi connectivity index (χ0n) is 14.4. The Balaban J connectivity index is 2.92. The number of anilines is 1. The third-order valence-corrected chi connectivity index (χ3v) is 3.40. The summed E-state index contributed by atoms with van der Waals surface area (Å²) >= 11 is 0.940. The molecule has 0 aliphatic rings. The summed E-state index contributed by atoms with van der Waals surface area (Å²) in [6.07, 6.45) is 0. The molecule has 1 heterocycles. The Morgan fingerprint density at radius 1 is 1.32 bits per heavy atom. The van der Waals surface area contributed by atoms with Crippen molar-refractivity contribution in [1.82, 2.24) is 4.98 Å². The quantitative estimate of drug-likeness (QED) is 0.283. The molecular weight excluding hydrogens is 352 g/mol. The lowest BCUT2D eigenvalue weighted by Crippen LogP contribution is -2.57. The fourth-order valence-corrected chi connectivity index (χ4v) is 2.12. The number of nitrogens with one attached hydrogen (secondary N) is 1. The number of nitrogens with zero attached hydrogens (tertiary/aromatic N) is 2. The minimum absolute atomic E-state index is 0.00866. The van der Waals surface area contributed by atoms with Crippen molar-refractivity contribution in [2.45, 2.75) is 38.8 Å². The van der Waals surface area contributed by atoms with Crippen LogP contribution in [-0.4, -0.2) is 51.9 Å². The zero-order chi connectivity index (χ0) is 19.4. The molecule has 1 amide bonds. The van der Waals surface area contributed by atoms with E-state index >= 15 is 0 Å². The molecule has 1 atom stereocenters. The van der Waals surface area contributed by atoms with Crippen LogP contribution in [0, 0.1) is 0 Å². The van der Waals surface area contributed by atoms with Crippen molar-refractivity contribution in [3.05, 3.63) is 11.1 Å². The van der Waals surface area contributed by atoms with Crippen molar-refractivity contribution < 1.29 is 29.1 Å². The number of amides is 1. The minimum atomic E-state index is -1.95. The van der Waals surface area contributed by atoms with Crippen LogP contribution in [0.5, 0.6) is 0 Å². The first kappa shape index (κ1) is 20.5. The second-order valence-corrected chi connectivity index (χ2v) is 6.98. The number of nitrogens with two attached hydrogens (primary N) is 1. The molecule has 0 spiro atoms. The third-order valence-electron chi connectivity index (χ3n) is 2.65. The fraction of sp³-hybridized carbons (Fsp3) is 0.500. The third kappa shape index (κ3) is 5.50. The molecule has 11 heteroatoms. The summed E-state index contributed by atoms with van der Waals surface area (Å²) < 4.78 is 5.11. The van der Waals surface area contributed by atoms with E-state index in [4.69, 9.17) is 15.6 Å². The summed E-state index contributed by atoms with van der Waals surface area (Å²) in [6.45, 7) is 6.15. The van der Waals surface area contributed by atoms with Gasteiger partial charge in [0.05, 0.1) is 0 Å². The van der Waals surface area contributed by atoms with Gasteiger partial charge < -0.3 is 20.4 Å². The van der Waals surface area contributed by atoms with Crippen LogP contribution in [-0.2, 0) is 24.0 Å². The molecule has 25 heavy (non-hydrogen) atoms. The summed E-state index contributed by atoms with van der Waals surface area (Å²) in [4.78, 5) is 43.8. The SMILES string of the molecule is CO/N=C(\C(=O)O)c1csc(NC(=O)[C@](C)(N)C(=O)OC(C)(C)C)n1. The van der Waals surface area contributed by atoms with E-state index in [1.807, 2.05) is 0 Å². The number of carbonyl (C=O) groups excluding carboxylic acids is 2. The number of oxime groups is 1. The minimum Gasteiger partial charge on any atom is -0.476 e. The molecule has 1 aromatic heterocycles. The zero-order valence-corrected chi connectivity index (χ0v) is 15.3. The molecule has 0 aromatic carbocycles. The molecule has 0 bridgehead atoms. The van der Waals surface area contributed by atoms with E-state index in [1.165, 1.54) is 19.4 Å². The molecule has 0 aliphatic carbocycles. The molecule has 138 valence electrons. The Kier molecular flexibility index (Phi) is 6.21. The number of thiazole rings is 1. The van der Waals surface area contributed by atoms with Crippen molar-refractivity contribution in [3.8, 4) is 0 Å². The number of esters is 1. The molecule has 0 aliphatic heterocycles. The number of hydrogen-bond donors (Lipinski definition) is 3. The number of carbonyl (C=O) groups is 3. The van der Waals surface area contributed by atoms with Crippen molar-refractivity contribution in [1.29, 1.82) is 0 Å². The van der Waals surface area contributed by atoms with Gasteiger partial charge in [-0.25, -0.2) is 14.6 Å². The normalized spacial score (nSPS) is 14.4. The van der Waals surface area contributed by atoms with Gasteiger partial charge in [-0.3, -0.25) is 10.1 Å². The van der Waals surface area contributed by atoms with Gasteiger partial charge in [0.1, 0.15) is 18.4 Å². The number of rotatable bonds is 6. The summed E-state index contributed by atoms with van der Waals surface area (Å²) in [6, 6.07) is 0. The summed E-state index contributed by atoms with van der Waals surface area (Å²) in [5.41, 5.74) is 2.58. The van der Waals surface area contributed by atoms with Gasteiger partial charge in [-0.1, -0.05) is 5.16 Å². The van der Waals surface area contributed by atoms with Gasteiger partial charge in [-0.2, -0.15) is 0 Å². The van der Waals surface area contributed by atoms with Crippen LogP contribution in [0.25, 0.3) is 0 Å². The number of aromatic nitrogens is 1. The summed E-state index contributed by atoms with van der Waals surface area (Å²) in [5.74, 6) is -3.09. The Bertz CT molecular complexity index is 704. The predicted octanol–water partition coefficient (Wildman–Crippen LogP) is 0.576. The van der Waals surface area contributed by atoms with Crippen LogP contribution >= 0.6 is 11.3 Å². The standard InChI is InChI=1S/C14H20N4O6S/c1-13(2,3)24-11(22)14(4,15)10(21)17-12-16-7(6-25-12)8(9(19)20)18-23-5/h6H,15H2,1-5H3,(H,19,20)(H,16,17,21)/b18-8-/t14-/m0/s1. The lowest BCUT2D eigenvalue weighted by Gasteiger charge is -2.27. The fourth-order valence-electron chi connectivity index (χ4n) is 1.43. The predicted molar refractivity (Wildman–Crippen MR) is 90.4 cm³/mol. The van der Waals surface area contributed by atoms with Gasteiger partial charge in [-0.15, -0.1) is 11.3 Å². The van der Waals surface area contributed by atoms with Crippen LogP contribution in [0.2, 0.25) is 0 Å². The molecule has 0 fully saturated rings. The van der Waals surface area contributed by atoms with Gasteiger partial charge in [0.25, 0.3) is 5.91 Å². The smallest absolute Gasteiger partial charge is 0.360 e. The number of hydrogen-bond acceptors (Lipinski definition) is 9. The maximum Gasteiger partial charge on any atom is 0.360 e. The molecule has 4 N–H and O–H groups in total. The molecule has 0 unspecified atom stereocenters. The highest BCUT2D eigenvalue weighted by Crippen LogP contribution is 2.19. The first-order valence-electron chi connectivity index (χ1n) is 7.02. The van der Waals surface area contributed by atoms with Crippen LogP contribution < -0.4 is 11.1 Å². The van der Waals surface area contributed by atoms with E-state index in [-0.39, 0.29) is 10.8 Å². The molecular formula is C14H20N4O6S. The number of carboxylic acids is 1. The number of carboxylic acid groups (broad SMARTS) is 1. The van der Waals surface area contributed by atoms with Crippen LogP contribution in [0.15, 0.2) is 10.5 Å². The molecule has 0 radical (unpaired) electrons. The number of aliphatic carboxylic acids is 1. The second-order valence-electron chi connectivity index (χ2n) is 6.12. The van der Waals surface area contributed by atoms with Crippen LogP contribution in [0.4, 0.5) is 5.13 Å². The van der Waals surface area contributed by atoms with Crippen molar-refractivity contribution in [2.24, 2.45) is 10.9 Å². The molecule has 1 rings (SSSR count). The highest BCUT2D eigenvalue weighted by atomic mass is 32.1. The van der Waals surface area contributed by atoms with E-state index in [1.54, 1.807) is 20.8 Å². The lowest BCUT2D eigenvalue weighted by molar-refractivity contribution is -0.162. The van der Waals surface area contributed by atoms with Crippen molar-refractivity contribution >= 4 is 40.0 Å². The highest BCUT2D eigenvalue weighted by Gasteiger charge is 2.41. The largest absolute Gasteiger partial charge is 0.476 e. The van der Waals surface area contributed by atoms with E-state index in [9.17, 15) is 14.4 Å². The van der Waals surface area contributed by atoms with E-state index in [2.05, 4.69) is 20.3 Å². The average molecular weight is 372 g/mol. The van der Waals surface area contributed by atoms with Crippen LogP contribution in [0.1, 0.15) is 33.4 Å². The highest BCUT2D eigenvalue weighted by molar-refractivity contribution is 7.14. The Morgan fingerprint density at radius 2 is 1.92 bits per heavy atom. The Hall–Kier alpha value is -2.53. The second kappa shape index (κ2) is 7.57. The van der Waals surface area contributed by atoms with Gasteiger partial charge in [0.2, 0.25) is 5.71 Å². The van der Waals surface area contributed by atoms with Crippen LogP contribution in [0.3, 0.4) is 0 Å². The van der Waals surface area contributed by atoms with Gasteiger partial charge in [0, 0.05) is 5.38 Å². The maximum atomic E-state index is 12.3. The lowest BCUT2D eigenvalue weighted by atomic mass is 10.0. The van der Waals surface area contributed by atoms with Gasteiger partial charge >= 0.3 is 11.9 Å². The van der Waals surface area contributed by atoms with Crippen molar-refractivity contribution in [2.75, 3.05) is 12.4 Å². The summed E-state index contributed by atoms with van der Waals surface area (Å²) in [7, 11) is 1.19.